The molecule has 102 valence electrons. The maximum Gasteiger partial charge on any atom is 0.241 e. The van der Waals surface area contributed by atoms with Crippen molar-refractivity contribution in [1.29, 1.82) is 0 Å². The highest BCUT2D eigenvalue weighted by Crippen LogP contribution is 2.20. The Morgan fingerprint density at radius 1 is 1.39 bits per heavy atom. The number of aryl methyl sites for hydroxylation is 1. The molecule has 0 amide bonds. The number of sulfonamides is 1. The third-order valence-electron chi connectivity index (χ3n) is 2.92. The molecule has 0 aromatic heterocycles. The number of rotatable bonds is 5. The van der Waals surface area contributed by atoms with E-state index in [-0.39, 0.29) is 23.5 Å². The van der Waals surface area contributed by atoms with Crippen LogP contribution in [0.4, 0.5) is 0 Å². The minimum absolute atomic E-state index is 0.0712. The molecular formula is C12H18ClNO3S. The summed E-state index contributed by atoms with van der Waals surface area (Å²) in [6.45, 7) is 5.14. The van der Waals surface area contributed by atoms with Crippen LogP contribution in [0.1, 0.15) is 19.4 Å². The predicted molar refractivity (Wildman–Crippen MR) is 72.2 cm³/mol. The van der Waals surface area contributed by atoms with Crippen molar-refractivity contribution in [2.24, 2.45) is 5.92 Å². The maximum atomic E-state index is 12.2. The van der Waals surface area contributed by atoms with Crippen LogP contribution in [-0.2, 0) is 10.0 Å². The number of nitrogens with one attached hydrogen (secondary N) is 1. The van der Waals surface area contributed by atoms with Gasteiger partial charge < -0.3 is 5.11 Å². The summed E-state index contributed by atoms with van der Waals surface area (Å²) in [5.41, 5.74) is 0.635. The third-order valence-corrected chi connectivity index (χ3v) is 4.86. The van der Waals surface area contributed by atoms with Gasteiger partial charge in [0.25, 0.3) is 0 Å². The first-order valence-corrected chi connectivity index (χ1v) is 7.53. The van der Waals surface area contributed by atoms with E-state index in [2.05, 4.69) is 4.72 Å². The molecule has 6 heteroatoms. The molecule has 0 spiro atoms. The van der Waals surface area contributed by atoms with E-state index in [0.717, 1.165) is 0 Å². The zero-order chi connectivity index (χ0) is 13.9. The zero-order valence-corrected chi connectivity index (χ0v) is 12.2. The molecule has 2 N–H and O–H groups in total. The molecule has 2 unspecified atom stereocenters. The molecule has 0 saturated heterocycles. The van der Waals surface area contributed by atoms with E-state index in [1.54, 1.807) is 32.9 Å². The second-order valence-electron chi connectivity index (χ2n) is 4.48. The normalized spacial score (nSPS) is 15.4. The Bertz CT molecular complexity index is 516. The summed E-state index contributed by atoms with van der Waals surface area (Å²) in [5, 5.41) is 9.39. The number of halogens is 1. The van der Waals surface area contributed by atoms with Gasteiger partial charge >= 0.3 is 0 Å². The summed E-state index contributed by atoms with van der Waals surface area (Å²) in [5.74, 6) is -0.153. The van der Waals surface area contributed by atoms with E-state index in [4.69, 9.17) is 16.7 Å². The average Bonchev–Trinajstić information content (AvgIpc) is 2.30. The lowest BCUT2D eigenvalue weighted by Gasteiger charge is -2.20. The first kappa shape index (κ1) is 15.4. The van der Waals surface area contributed by atoms with Gasteiger partial charge in [0, 0.05) is 17.7 Å². The molecule has 0 saturated carbocycles. The second kappa shape index (κ2) is 6.02. The van der Waals surface area contributed by atoms with Crippen LogP contribution in [0.3, 0.4) is 0 Å². The van der Waals surface area contributed by atoms with Crippen molar-refractivity contribution in [2.75, 3.05) is 6.61 Å². The lowest BCUT2D eigenvalue weighted by atomic mass is 10.1. The molecule has 1 aromatic carbocycles. The van der Waals surface area contributed by atoms with Gasteiger partial charge in [-0.2, -0.15) is 0 Å². The SMILES string of the molecule is Cc1ccc(Cl)cc1S(=O)(=O)NC(C)C(C)CO. The van der Waals surface area contributed by atoms with Gasteiger partial charge in [0.15, 0.2) is 0 Å². The van der Waals surface area contributed by atoms with Crippen molar-refractivity contribution < 1.29 is 13.5 Å². The molecule has 1 aromatic rings. The quantitative estimate of drug-likeness (QED) is 0.871. The van der Waals surface area contributed by atoms with Crippen molar-refractivity contribution in [1.82, 2.24) is 4.72 Å². The zero-order valence-electron chi connectivity index (χ0n) is 10.6. The minimum atomic E-state index is -3.61. The molecule has 0 fully saturated rings. The van der Waals surface area contributed by atoms with Crippen LogP contribution in [0.2, 0.25) is 5.02 Å². The van der Waals surface area contributed by atoms with Crippen LogP contribution >= 0.6 is 11.6 Å². The van der Waals surface area contributed by atoms with Crippen molar-refractivity contribution in [3.05, 3.63) is 28.8 Å². The molecule has 0 aliphatic rings. The van der Waals surface area contributed by atoms with Gasteiger partial charge in [-0.3, -0.25) is 0 Å². The first-order chi connectivity index (χ1) is 8.27. The van der Waals surface area contributed by atoms with E-state index >= 15 is 0 Å². The van der Waals surface area contributed by atoms with E-state index in [1.165, 1.54) is 6.07 Å². The molecule has 18 heavy (non-hydrogen) atoms. The Kier molecular flexibility index (Phi) is 5.16. The monoisotopic (exact) mass is 291 g/mol. The van der Waals surface area contributed by atoms with Crippen LogP contribution in [0.5, 0.6) is 0 Å². The fraction of sp³-hybridized carbons (Fsp3) is 0.500. The summed E-state index contributed by atoms with van der Waals surface area (Å²) < 4.78 is 26.9. The number of benzene rings is 1. The molecule has 0 aliphatic heterocycles. The molecule has 0 bridgehead atoms. The standard InChI is InChI=1S/C12H18ClNO3S/c1-8-4-5-11(13)6-12(8)18(16,17)14-10(3)9(2)7-15/h4-6,9-10,14-15H,7H2,1-3H3. The van der Waals surface area contributed by atoms with Crippen LogP contribution in [0, 0.1) is 12.8 Å². The highest BCUT2D eigenvalue weighted by atomic mass is 35.5. The highest BCUT2D eigenvalue weighted by Gasteiger charge is 2.22. The first-order valence-electron chi connectivity index (χ1n) is 5.67. The fourth-order valence-corrected chi connectivity index (χ4v) is 3.31. The molecule has 0 radical (unpaired) electrons. The summed E-state index contributed by atoms with van der Waals surface area (Å²) in [4.78, 5) is 0.173. The maximum absolute atomic E-state index is 12.2. The number of aliphatic hydroxyl groups excluding tert-OH is 1. The smallest absolute Gasteiger partial charge is 0.241 e. The van der Waals surface area contributed by atoms with E-state index in [9.17, 15) is 8.42 Å². The van der Waals surface area contributed by atoms with E-state index in [0.29, 0.717) is 10.6 Å². The van der Waals surface area contributed by atoms with Crippen molar-refractivity contribution in [2.45, 2.75) is 31.7 Å². The molecule has 2 atom stereocenters. The van der Waals surface area contributed by atoms with Crippen molar-refractivity contribution in [3.8, 4) is 0 Å². The van der Waals surface area contributed by atoms with Gasteiger partial charge in [0.1, 0.15) is 0 Å². The van der Waals surface area contributed by atoms with E-state index < -0.39 is 10.0 Å². The van der Waals surface area contributed by atoms with Gasteiger partial charge in [-0.25, -0.2) is 13.1 Å². The lowest BCUT2D eigenvalue weighted by Crippen LogP contribution is -2.38. The Morgan fingerprint density at radius 2 is 2.00 bits per heavy atom. The topological polar surface area (TPSA) is 66.4 Å². The van der Waals surface area contributed by atoms with Gasteiger partial charge in [0.2, 0.25) is 10.0 Å². The largest absolute Gasteiger partial charge is 0.396 e. The van der Waals surface area contributed by atoms with E-state index in [1.807, 2.05) is 0 Å². The van der Waals surface area contributed by atoms with Crippen molar-refractivity contribution in [3.63, 3.8) is 0 Å². The summed E-state index contributed by atoms with van der Waals surface area (Å²) >= 11 is 5.82. The molecule has 1 rings (SSSR count). The molecule has 4 nitrogen and oxygen atoms in total. The van der Waals surface area contributed by atoms with Gasteiger partial charge in [0.05, 0.1) is 4.90 Å². The fourth-order valence-electron chi connectivity index (χ4n) is 1.45. The third kappa shape index (κ3) is 3.68. The second-order valence-corrected chi connectivity index (χ2v) is 6.60. The Morgan fingerprint density at radius 3 is 2.56 bits per heavy atom. The number of hydrogen-bond donors (Lipinski definition) is 2. The molecule has 0 heterocycles. The Hall–Kier alpha value is -0.620. The van der Waals surface area contributed by atoms with Gasteiger partial charge in [-0.15, -0.1) is 0 Å². The Balaban J connectivity index is 3.03. The minimum Gasteiger partial charge on any atom is -0.396 e. The lowest BCUT2D eigenvalue weighted by molar-refractivity contribution is 0.216. The van der Waals surface area contributed by atoms with Crippen LogP contribution in [-0.4, -0.2) is 26.2 Å². The molecule has 0 aliphatic carbocycles. The number of hydrogen-bond acceptors (Lipinski definition) is 3. The average molecular weight is 292 g/mol. The summed E-state index contributed by atoms with van der Waals surface area (Å²) in [6, 6.07) is 4.39. The van der Waals surface area contributed by atoms with Gasteiger partial charge in [-0.1, -0.05) is 24.6 Å². The Labute approximate surface area is 113 Å². The summed E-state index contributed by atoms with van der Waals surface area (Å²) in [6.07, 6.45) is 0. The van der Waals surface area contributed by atoms with Crippen LogP contribution in [0.25, 0.3) is 0 Å². The van der Waals surface area contributed by atoms with Gasteiger partial charge in [-0.05, 0) is 37.5 Å². The molecular weight excluding hydrogens is 274 g/mol. The predicted octanol–water partition coefficient (Wildman–Crippen LogP) is 1.94. The van der Waals surface area contributed by atoms with Crippen LogP contribution in [0.15, 0.2) is 23.1 Å². The summed E-state index contributed by atoms with van der Waals surface area (Å²) in [7, 11) is -3.61. The number of aliphatic hydroxyl groups is 1. The highest BCUT2D eigenvalue weighted by molar-refractivity contribution is 7.89. The van der Waals surface area contributed by atoms with Crippen molar-refractivity contribution >= 4 is 21.6 Å². The van der Waals surface area contributed by atoms with Crippen LogP contribution < -0.4 is 4.72 Å².